The largest absolute Gasteiger partial charge is 0.462 e. The van der Waals surface area contributed by atoms with Gasteiger partial charge in [0.1, 0.15) is 12.2 Å². The lowest BCUT2D eigenvalue weighted by Crippen LogP contribution is -2.35. The molecular formula is C22H30O4S. The second-order valence-electron chi connectivity index (χ2n) is 8.69. The lowest BCUT2D eigenvalue weighted by atomic mass is 9.86. The summed E-state index contributed by atoms with van der Waals surface area (Å²) in [5.41, 5.74) is 0.524. The predicted octanol–water partition coefficient (Wildman–Crippen LogP) is 4.97. The number of fused-ring (bicyclic) bond motifs is 2. The van der Waals surface area contributed by atoms with Gasteiger partial charge < -0.3 is 9.47 Å². The molecule has 0 spiro atoms. The highest BCUT2D eigenvalue weighted by Gasteiger charge is 2.51. The van der Waals surface area contributed by atoms with E-state index in [0.717, 1.165) is 36.1 Å². The SMILES string of the molecule is CCC(C)(C)C(=O)OC1CC2CC1CC2C(=O)OC(C)c1ccc(S)cc1. The fourth-order valence-electron chi connectivity index (χ4n) is 4.17. The number of rotatable bonds is 6. The van der Waals surface area contributed by atoms with Crippen molar-refractivity contribution >= 4 is 24.6 Å². The number of esters is 2. The van der Waals surface area contributed by atoms with Gasteiger partial charge in [-0.15, -0.1) is 12.6 Å². The van der Waals surface area contributed by atoms with E-state index in [0.29, 0.717) is 0 Å². The molecule has 2 aliphatic carbocycles. The molecule has 4 nitrogen and oxygen atoms in total. The highest BCUT2D eigenvalue weighted by molar-refractivity contribution is 7.80. The Bertz CT molecular complexity index is 697. The van der Waals surface area contributed by atoms with E-state index in [-0.39, 0.29) is 41.9 Å². The number of ether oxygens (including phenoxy) is 2. The summed E-state index contributed by atoms with van der Waals surface area (Å²) in [5.74, 6) is 0.224. The van der Waals surface area contributed by atoms with Crippen molar-refractivity contribution in [3.05, 3.63) is 29.8 Å². The smallest absolute Gasteiger partial charge is 0.311 e. The second-order valence-corrected chi connectivity index (χ2v) is 9.20. The first-order valence-corrected chi connectivity index (χ1v) is 10.4. The fourth-order valence-corrected chi connectivity index (χ4v) is 4.32. The number of hydrogen-bond acceptors (Lipinski definition) is 5. The summed E-state index contributed by atoms with van der Waals surface area (Å²) in [4.78, 5) is 25.9. The molecule has 27 heavy (non-hydrogen) atoms. The van der Waals surface area contributed by atoms with Gasteiger partial charge in [-0.2, -0.15) is 0 Å². The van der Waals surface area contributed by atoms with Crippen LogP contribution in [0.1, 0.15) is 65.0 Å². The zero-order valence-corrected chi connectivity index (χ0v) is 17.5. The Morgan fingerprint density at radius 1 is 1.15 bits per heavy atom. The molecule has 0 heterocycles. The van der Waals surface area contributed by atoms with Gasteiger partial charge in [-0.3, -0.25) is 9.59 Å². The zero-order valence-electron chi connectivity index (χ0n) is 16.6. The van der Waals surface area contributed by atoms with Crippen LogP contribution in [0.4, 0.5) is 0 Å². The molecule has 0 aromatic heterocycles. The average molecular weight is 391 g/mol. The van der Waals surface area contributed by atoms with Crippen molar-refractivity contribution in [1.82, 2.24) is 0 Å². The van der Waals surface area contributed by atoms with Crippen LogP contribution in [0.5, 0.6) is 0 Å². The summed E-state index contributed by atoms with van der Waals surface area (Å²) in [6.07, 6.45) is 2.93. The summed E-state index contributed by atoms with van der Waals surface area (Å²) in [5, 5.41) is 0. The van der Waals surface area contributed by atoms with Crippen molar-refractivity contribution in [2.45, 2.75) is 70.5 Å². The van der Waals surface area contributed by atoms with Gasteiger partial charge in [0, 0.05) is 4.90 Å². The van der Waals surface area contributed by atoms with E-state index >= 15 is 0 Å². The van der Waals surface area contributed by atoms with E-state index in [1.165, 1.54) is 0 Å². The molecule has 0 amide bonds. The predicted molar refractivity (Wildman–Crippen MR) is 106 cm³/mol. The van der Waals surface area contributed by atoms with E-state index in [1.54, 1.807) is 0 Å². The van der Waals surface area contributed by atoms with Crippen LogP contribution in [0.15, 0.2) is 29.2 Å². The summed E-state index contributed by atoms with van der Waals surface area (Å²) < 4.78 is 11.5. The minimum Gasteiger partial charge on any atom is -0.462 e. The fraction of sp³-hybridized carbons (Fsp3) is 0.636. The quantitative estimate of drug-likeness (QED) is 0.550. The van der Waals surface area contributed by atoms with Crippen LogP contribution in [0, 0.1) is 23.2 Å². The van der Waals surface area contributed by atoms with Crippen molar-refractivity contribution in [1.29, 1.82) is 0 Å². The molecule has 3 rings (SSSR count). The van der Waals surface area contributed by atoms with E-state index < -0.39 is 5.41 Å². The van der Waals surface area contributed by atoms with Gasteiger partial charge in [0.15, 0.2) is 0 Å². The van der Waals surface area contributed by atoms with Crippen molar-refractivity contribution in [2.75, 3.05) is 0 Å². The number of carbonyl (C=O) groups is 2. The summed E-state index contributed by atoms with van der Waals surface area (Å²) in [6, 6.07) is 7.67. The van der Waals surface area contributed by atoms with Crippen LogP contribution in [-0.4, -0.2) is 18.0 Å². The van der Waals surface area contributed by atoms with Crippen LogP contribution >= 0.6 is 12.6 Å². The Kier molecular flexibility index (Phi) is 5.90. The Hall–Kier alpha value is -1.49. The molecule has 0 saturated heterocycles. The Morgan fingerprint density at radius 2 is 1.81 bits per heavy atom. The highest BCUT2D eigenvalue weighted by Crippen LogP contribution is 2.50. The molecule has 5 atom stereocenters. The molecular weight excluding hydrogens is 360 g/mol. The molecule has 2 fully saturated rings. The lowest BCUT2D eigenvalue weighted by molar-refractivity contribution is -0.164. The number of hydrogen-bond donors (Lipinski definition) is 1. The molecule has 5 unspecified atom stereocenters. The normalized spacial score (nSPS) is 28.0. The summed E-state index contributed by atoms with van der Waals surface area (Å²) in [6.45, 7) is 7.74. The van der Waals surface area contributed by atoms with Gasteiger partial charge in [-0.25, -0.2) is 0 Å². The van der Waals surface area contributed by atoms with Gasteiger partial charge in [0.25, 0.3) is 0 Å². The average Bonchev–Trinajstić information content (AvgIpc) is 3.22. The zero-order chi connectivity index (χ0) is 19.8. The number of benzene rings is 1. The Labute approximate surface area is 167 Å². The lowest BCUT2D eigenvalue weighted by Gasteiger charge is -2.30. The molecule has 148 valence electrons. The van der Waals surface area contributed by atoms with Crippen LogP contribution < -0.4 is 0 Å². The maximum absolute atomic E-state index is 12.7. The molecule has 5 heteroatoms. The van der Waals surface area contributed by atoms with E-state index in [9.17, 15) is 9.59 Å². The van der Waals surface area contributed by atoms with Crippen molar-refractivity contribution in [3.63, 3.8) is 0 Å². The highest BCUT2D eigenvalue weighted by atomic mass is 32.1. The first-order valence-electron chi connectivity index (χ1n) is 9.91. The van der Waals surface area contributed by atoms with Crippen LogP contribution in [-0.2, 0) is 19.1 Å². The first-order chi connectivity index (χ1) is 12.7. The topological polar surface area (TPSA) is 52.6 Å². The van der Waals surface area contributed by atoms with Gasteiger partial charge in [0.2, 0.25) is 0 Å². The monoisotopic (exact) mass is 390 g/mol. The van der Waals surface area contributed by atoms with Gasteiger partial charge in [-0.05, 0) is 76.0 Å². The van der Waals surface area contributed by atoms with Crippen LogP contribution in [0.3, 0.4) is 0 Å². The van der Waals surface area contributed by atoms with E-state index in [2.05, 4.69) is 12.6 Å². The van der Waals surface area contributed by atoms with Crippen molar-refractivity contribution < 1.29 is 19.1 Å². The maximum Gasteiger partial charge on any atom is 0.311 e. The standard InChI is InChI=1S/C22H30O4S/c1-5-22(3,4)21(24)26-19-12-15-10-16(19)11-18(15)20(23)25-13(2)14-6-8-17(27)9-7-14/h6-9,13,15-16,18-19,27H,5,10-12H2,1-4H3. The van der Waals surface area contributed by atoms with Gasteiger partial charge in [-0.1, -0.05) is 19.1 Å². The number of thiol groups is 1. The third-order valence-electron chi connectivity index (χ3n) is 6.45. The molecule has 2 bridgehead atoms. The van der Waals surface area contributed by atoms with Crippen LogP contribution in [0.25, 0.3) is 0 Å². The second kappa shape index (κ2) is 7.86. The molecule has 0 radical (unpaired) electrons. The molecule has 2 aliphatic rings. The summed E-state index contributed by atoms with van der Waals surface area (Å²) in [7, 11) is 0. The number of carbonyl (C=O) groups excluding carboxylic acids is 2. The summed E-state index contributed by atoms with van der Waals surface area (Å²) >= 11 is 4.28. The molecule has 1 aromatic rings. The molecule has 0 aliphatic heterocycles. The minimum absolute atomic E-state index is 0.0438. The maximum atomic E-state index is 12.7. The molecule has 2 saturated carbocycles. The van der Waals surface area contributed by atoms with Crippen molar-refractivity contribution in [2.24, 2.45) is 23.2 Å². The molecule has 0 N–H and O–H groups in total. The Balaban J connectivity index is 1.54. The Morgan fingerprint density at radius 3 is 2.37 bits per heavy atom. The van der Waals surface area contributed by atoms with E-state index in [1.807, 2.05) is 52.0 Å². The van der Waals surface area contributed by atoms with Gasteiger partial charge in [0.05, 0.1) is 11.3 Å². The van der Waals surface area contributed by atoms with Gasteiger partial charge >= 0.3 is 11.9 Å². The third kappa shape index (κ3) is 4.34. The molecule has 1 aromatic carbocycles. The van der Waals surface area contributed by atoms with Crippen molar-refractivity contribution in [3.8, 4) is 0 Å². The van der Waals surface area contributed by atoms with Crippen LogP contribution in [0.2, 0.25) is 0 Å². The third-order valence-corrected chi connectivity index (χ3v) is 6.74. The van der Waals surface area contributed by atoms with E-state index in [4.69, 9.17) is 9.47 Å². The minimum atomic E-state index is -0.446. The first kappa shape index (κ1) is 20.2.